The first kappa shape index (κ1) is 17.5. The molecular weight excluding hydrogens is 312 g/mol. The first-order chi connectivity index (χ1) is 11.0. The Morgan fingerprint density at radius 1 is 1.00 bits per heavy atom. The maximum atomic E-state index is 11.2. The minimum Gasteiger partial charge on any atom is -0.494 e. The molecule has 5 nitrogen and oxygen atoms in total. The molecular formula is C17H23N2O3S+. The monoisotopic (exact) mass is 335 g/mol. The van der Waals surface area contributed by atoms with Gasteiger partial charge in [-0.1, -0.05) is 12.1 Å². The zero-order valence-electron chi connectivity index (χ0n) is 13.2. The SMILES string of the molecule is CCOc1ccc(C[NH2+]CCc2ccc(S(N)(=O)=O)cc2)cc1. The minimum atomic E-state index is -3.61. The van der Waals surface area contributed by atoms with Crippen molar-refractivity contribution in [1.82, 2.24) is 0 Å². The van der Waals surface area contributed by atoms with Crippen LogP contribution in [0.3, 0.4) is 0 Å². The summed E-state index contributed by atoms with van der Waals surface area (Å²) in [6.07, 6.45) is 0.877. The number of ether oxygens (including phenoxy) is 1. The van der Waals surface area contributed by atoms with Crippen LogP contribution in [-0.2, 0) is 23.0 Å². The highest BCUT2D eigenvalue weighted by molar-refractivity contribution is 7.89. The number of quaternary nitrogens is 1. The highest BCUT2D eigenvalue weighted by Crippen LogP contribution is 2.11. The molecule has 0 aliphatic rings. The third-order valence-corrected chi connectivity index (χ3v) is 4.43. The Morgan fingerprint density at radius 3 is 2.17 bits per heavy atom. The lowest BCUT2D eigenvalue weighted by Gasteiger charge is -2.05. The molecule has 0 atom stereocenters. The molecule has 0 fully saturated rings. The molecule has 0 saturated heterocycles. The first-order valence-corrected chi connectivity index (χ1v) is 9.19. The summed E-state index contributed by atoms with van der Waals surface area (Å²) in [7, 11) is -3.61. The van der Waals surface area contributed by atoms with Crippen LogP contribution in [0.25, 0.3) is 0 Å². The fraction of sp³-hybridized carbons (Fsp3) is 0.294. The highest BCUT2D eigenvalue weighted by atomic mass is 32.2. The van der Waals surface area contributed by atoms with Crippen LogP contribution in [0.4, 0.5) is 0 Å². The van der Waals surface area contributed by atoms with Crippen LogP contribution in [0.1, 0.15) is 18.1 Å². The van der Waals surface area contributed by atoms with Gasteiger partial charge in [-0.25, -0.2) is 13.6 Å². The molecule has 2 aromatic carbocycles. The largest absolute Gasteiger partial charge is 0.494 e. The van der Waals surface area contributed by atoms with E-state index in [1.54, 1.807) is 12.1 Å². The van der Waals surface area contributed by atoms with Gasteiger partial charge < -0.3 is 10.1 Å². The van der Waals surface area contributed by atoms with E-state index in [1.165, 1.54) is 5.56 Å². The molecule has 0 heterocycles. The van der Waals surface area contributed by atoms with Crippen LogP contribution >= 0.6 is 0 Å². The number of sulfonamides is 1. The lowest BCUT2D eigenvalue weighted by Crippen LogP contribution is -2.83. The summed E-state index contributed by atoms with van der Waals surface area (Å²) in [5, 5.41) is 7.31. The van der Waals surface area contributed by atoms with Gasteiger partial charge in [0.05, 0.1) is 18.0 Å². The lowest BCUT2D eigenvalue weighted by molar-refractivity contribution is -0.670. The average molecular weight is 335 g/mol. The van der Waals surface area contributed by atoms with Crippen molar-refractivity contribution < 1.29 is 18.5 Å². The van der Waals surface area contributed by atoms with E-state index in [2.05, 4.69) is 17.4 Å². The van der Waals surface area contributed by atoms with Gasteiger partial charge in [0.15, 0.2) is 0 Å². The van der Waals surface area contributed by atoms with E-state index in [0.717, 1.165) is 30.8 Å². The number of hydrogen-bond donors (Lipinski definition) is 2. The fourth-order valence-electron chi connectivity index (χ4n) is 2.27. The Morgan fingerprint density at radius 2 is 1.61 bits per heavy atom. The summed E-state index contributed by atoms with van der Waals surface area (Å²) >= 11 is 0. The number of nitrogens with two attached hydrogens (primary N) is 2. The van der Waals surface area contributed by atoms with Crippen molar-refractivity contribution in [2.45, 2.75) is 24.8 Å². The second-order valence-electron chi connectivity index (χ2n) is 5.30. The van der Waals surface area contributed by atoms with E-state index in [-0.39, 0.29) is 4.90 Å². The van der Waals surface area contributed by atoms with Gasteiger partial charge in [-0.3, -0.25) is 0 Å². The highest BCUT2D eigenvalue weighted by Gasteiger charge is 2.06. The van der Waals surface area contributed by atoms with E-state index in [4.69, 9.17) is 9.88 Å². The zero-order chi connectivity index (χ0) is 16.7. The lowest BCUT2D eigenvalue weighted by atomic mass is 10.1. The summed E-state index contributed by atoms with van der Waals surface area (Å²) in [5.41, 5.74) is 2.35. The molecule has 0 saturated carbocycles. The van der Waals surface area contributed by atoms with Gasteiger partial charge in [0.1, 0.15) is 12.3 Å². The smallest absolute Gasteiger partial charge is 0.238 e. The second kappa shape index (κ2) is 8.10. The van der Waals surface area contributed by atoms with Crippen molar-refractivity contribution in [2.24, 2.45) is 5.14 Å². The van der Waals surface area contributed by atoms with Crippen molar-refractivity contribution in [3.8, 4) is 5.75 Å². The number of primary sulfonamides is 1. The topological polar surface area (TPSA) is 86.0 Å². The van der Waals surface area contributed by atoms with Gasteiger partial charge in [0, 0.05) is 12.0 Å². The van der Waals surface area contributed by atoms with E-state index in [9.17, 15) is 8.42 Å². The van der Waals surface area contributed by atoms with Crippen LogP contribution in [-0.4, -0.2) is 21.6 Å². The number of benzene rings is 2. The van der Waals surface area contributed by atoms with E-state index < -0.39 is 10.0 Å². The van der Waals surface area contributed by atoms with Crippen LogP contribution in [0.15, 0.2) is 53.4 Å². The summed E-state index contributed by atoms with van der Waals surface area (Å²) < 4.78 is 27.8. The fourth-order valence-corrected chi connectivity index (χ4v) is 2.79. The van der Waals surface area contributed by atoms with Crippen LogP contribution in [0.2, 0.25) is 0 Å². The Kier molecular flexibility index (Phi) is 6.15. The van der Waals surface area contributed by atoms with Crippen molar-refractivity contribution >= 4 is 10.0 Å². The third kappa shape index (κ3) is 5.67. The Bertz CT molecular complexity index is 711. The molecule has 4 N–H and O–H groups in total. The number of rotatable bonds is 8. The molecule has 0 aliphatic heterocycles. The van der Waals surface area contributed by atoms with Crippen molar-refractivity contribution in [3.63, 3.8) is 0 Å². The molecule has 0 aliphatic carbocycles. The van der Waals surface area contributed by atoms with Gasteiger partial charge in [0.25, 0.3) is 0 Å². The van der Waals surface area contributed by atoms with Gasteiger partial charge in [-0.05, 0) is 48.9 Å². The maximum Gasteiger partial charge on any atom is 0.238 e. The Balaban J connectivity index is 1.76. The molecule has 0 bridgehead atoms. The molecule has 0 unspecified atom stereocenters. The van der Waals surface area contributed by atoms with Gasteiger partial charge in [-0.15, -0.1) is 0 Å². The minimum absolute atomic E-state index is 0.152. The van der Waals surface area contributed by atoms with E-state index in [0.29, 0.717) is 6.61 Å². The van der Waals surface area contributed by atoms with Gasteiger partial charge >= 0.3 is 0 Å². The summed E-state index contributed by atoms with van der Waals surface area (Å²) in [6.45, 7) is 4.48. The van der Waals surface area contributed by atoms with Crippen molar-refractivity contribution in [3.05, 3.63) is 59.7 Å². The molecule has 23 heavy (non-hydrogen) atoms. The molecule has 2 aromatic rings. The Labute approximate surface area is 137 Å². The van der Waals surface area contributed by atoms with Crippen LogP contribution in [0, 0.1) is 0 Å². The number of hydrogen-bond acceptors (Lipinski definition) is 3. The van der Waals surface area contributed by atoms with Crippen molar-refractivity contribution in [2.75, 3.05) is 13.2 Å². The van der Waals surface area contributed by atoms with Gasteiger partial charge in [-0.2, -0.15) is 0 Å². The normalized spacial score (nSPS) is 11.4. The summed E-state index contributed by atoms with van der Waals surface area (Å²) in [5.74, 6) is 0.895. The first-order valence-electron chi connectivity index (χ1n) is 7.64. The predicted octanol–water partition coefficient (Wildman–Crippen LogP) is 1.04. The molecule has 6 heteroatoms. The second-order valence-corrected chi connectivity index (χ2v) is 6.86. The predicted molar refractivity (Wildman–Crippen MR) is 89.6 cm³/mol. The van der Waals surface area contributed by atoms with Crippen molar-refractivity contribution in [1.29, 1.82) is 0 Å². The zero-order valence-corrected chi connectivity index (χ0v) is 14.1. The van der Waals surface area contributed by atoms with E-state index >= 15 is 0 Å². The Hall–Kier alpha value is -1.89. The maximum absolute atomic E-state index is 11.2. The average Bonchev–Trinajstić information content (AvgIpc) is 2.53. The quantitative estimate of drug-likeness (QED) is 0.707. The molecule has 0 spiro atoms. The van der Waals surface area contributed by atoms with Gasteiger partial charge in [0.2, 0.25) is 10.0 Å². The molecule has 124 valence electrons. The van der Waals surface area contributed by atoms with Crippen LogP contribution < -0.4 is 15.2 Å². The van der Waals surface area contributed by atoms with Crippen LogP contribution in [0.5, 0.6) is 5.75 Å². The van der Waals surface area contributed by atoms with E-state index in [1.807, 2.05) is 31.2 Å². The molecule has 0 radical (unpaired) electrons. The standard InChI is InChI=1S/C17H22N2O3S/c1-2-22-16-7-3-15(4-8-16)13-19-12-11-14-5-9-17(10-6-14)23(18,20)21/h3-10,19H,2,11-13H2,1H3,(H2,18,20,21)/p+1. The summed E-state index contributed by atoms with van der Waals surface area (Å²) in [4.78, 5) is 0.152. The molecule has 0 amide bonds. The molecule has 2 rings (SSSR count). The third-order valence-electron chi connectivity index (χ3n) is 3.50. The summed E-state index contributed by atoms with van der Waals surface area (Å²) in [6, 6.07) is 14.8. The molecule has 0 aromatic heterocycles.